The average molecular weight is 380 g/mol. The number of morpholine rings is 1. The summed E-state index contributed by atoms with van der Waals surface area (Å²) >= 11 is 0. The smallest absolute Gasteiger partial charge is 0.240 e. The maximum atomic E-state index is 13.0. The van der Waals surface area contributed by atoms with E-state index in [-0.39, 0.29) is 5.54 Å². The molecule has 2 N–H and O–H groups in total. The fourth-order valence-corrected chi connectivity index (χ4v) is 6.24. The predicted octanol–water partition coefficient (Wildman–Crippen LogP) is 1.07. The Morgan fingerprint density at radius 1 is 1.00 bits per heavy atom. The van der Waals surface area contributed by atoms with Gasteiger partial charge in [0, 0.05) is 12.8 Å². The summed E-state index contributed by atoms with van der Waals surface area (Å²) in [6.45, 7) is 4.09. The monoisotopic (exact) mass is 379 g/mol. The highest BCUT2D eigenvalue weighted by Crippen LogP contribution is 2.27. The Bertz CT molecular complexity index is 735. The van der Waals surface area contributed by atoms with Crippen LogP contribution in [0.1, 0.15) is 49.7 Å². The quantitative estimate of drug-likeness (QED) is 0.805. The summed E-state index contributed by atoms with van der Waals surface area (Å²) < 4.78 is 34.4. The molecule has 1 saturated heterocycles. The molecule has 0 aromatic heterocycles. The van der Waals surface area contributed by atoms with E-state index in [9.17, 15) is 8.42 Å². The number of hydrogen-bond acceptors (Lipinski definition) is 3. The number of aryl methyl sites for hydroxylation is 2. The van der Waals surface area contributed by atoms with E-state index in [0.29, 0.717) is 11.4 Å². The number of benzene rings is 1. The molecule has 0 radical (unpaired) electrons. The molecule has 0 bridgehead atoms. The maximum Gasteiger partial charge on any atom is 0.240 e. The molecule has 0 unspecified atom stereocenters. The average Bonchev–Trinajstić information content (AvgIpc) is 3.16. The summed E-state index contributed by atoms with van der Waals surface area (Å²) in [6.07, 6.45) is 9.09. The van der Waals surface area contributed by atoms with Crippen molar-refractivity contribution in [2.24, 2.45) is 0 Å². The van der Waals surface area contributed by atoms with Crippen LogP contribution < -0.4 is 9.62 Å². The molecule has 144 valence electrons. The highest BCUT2D eigenvalue weighted by atomic mass is 32.2. The zero-order valence-corrected chi connectivity index (χ0v) is 16.4. The first-order chi connectivity index (χ1) is 12.6. The van der Waals surface area contributed by atoms with Gasteiger partial charge in [0.15, 0.2) is 0 Å². The molecule has 26 heavy (non-hydrogen) atoms. The molecule has 1 aliphatic heterocycles. The second-order valence-corrected chi connectivity index (χ2v) is 9.93. The molecule has 4 rings (SSSR count). The SMILES string of the molecule is O=S(=O)(NCC1([NH+]2CCOCC2)CCCCC1)c1ccc2c(c1)CCC2. The second-order valence-electron chi connectivity index (χ2n) is 8.17. The van der Waals surface area contributed by atoms with Gasteiger partial charge < -0.3 is 9.64 Å². The summed E-state index contributed by atoms with van der Waals surface area (Å²) in [5.74, 6) is 0. The van der Waals surface area contributed by atoms with Gasteiger partial charge in [0.05, 0.1) is 24.7 Å². The van der Waals surface area contributed by atoms with Gasteiger partial charge in [0.1, 0.15) is 18.6 Å². The lowest BCUT2D eigenvalue weighted by Crippen LogP contribution is -3.23. The standard InChI is InChI=1S/C20H30N2O3S/c23-26(24,19-8-7-17-5-4-6-18(17)15-19)21-16-20(9-2-1-3-10-20)22-11-13-25-14-12-22/h7-8,15,21H,1-6,9-14,16H2/p+1. The number of rotatable bonds is 5. The Balaban J connectivity index is 1.51. The van der Waals surface area contributed by atoms with Gasteiger partial charge in [-0.1, -0.05) is 12.5 Å². The van der Waals surface area contributed by atoms with E-state index in [1.54, 1.807) is 6.07 Å². The van der Waals surface area contributed by atoms with Crippen LogP contribution in [0.5, 0.6) is 0 Å². The first-order valence-electron chi connectivity index (χ1n) is 10.1. The van der Waals surface area contributed by atoms with Crippen LogP contribution in [0, 0.1) is 0 Å². The summed E-state index contributed by atoms with van der Waals surface area (Å²) in [5, 5.41) is 0. The van der Waals surface area contributed by atoms with Crippen LogP contribution >= 0.6 is 0 Å². The number of nitrogens with one attached hydrogen (secondary N) is 2. The fraction of sp³-hybridized carbons (Fsp3) is 0.700. The Kier molecular flexibility index (Phi) is 5.37. The molecule has 1 aromatic rings. The maximum absolute atomic E-state index is 13.0. The van der Waals surface area contributed by atoms with E-state index in [4.69, 9.17) is 4.74 Å². The van der Waals surface area contributed by atoms with Crippen LogP contribution in [-0.4, -0.2) is 46.8 Å². The van der Waals surface area contributed by atoms with E-state index in [0.717, 1.165) is 58.4 Å². The molecular formula is C20H31N2O3S+. The van der Waals surface area contributed by atoms with E-state index in [2.05, 4.69) is 4.72 Å². The Hall–Kier alpha value is -0.950. The number of ether oxygens (including phenoxy) is 1. The summed E-state index contributed by atoms with van der Waals surface area (Å²) in [4.78, 5) is 1.96. The number of hydrogen-bond donors (Lipinski definition) is 2. The summed E-state index contributed by atoms with van der Waals surface area (Å²) in [6, 6.07) is 5.67. The van der Waals surface area contributed by atoms with Crippen LogP contribution in [0.3, 0.4) is 0 Å². The van der Waals surface area contributed by atoms with Crippen molar-refractivity contribution in [1.29, 1.82) is 0 Å². The van der Waals surface area contributed by atoms with Crippen molar-refractivity contribution in [3.8, 4) is 0 Å². The van der Waals surface area contributed by atoms with Gasteiger partial charge >= 0.3 is 0 Å². The zero-order chi connectivity index (χ0) is 18.0. The molecule has 3 aliphatic rings. The van der Waals surface area contributed by atoms with Crippen molar-refractivity contribution in [3.63, 3.8) is 0 Å². The van der Waals surface area contributed by atoms with Gasteiger partial charge in [-0.15, -0.1) is 0 Å². The third-order valence-electron chi connectivity index (χ3n) is 6.64. The van der Waals surface area contributed by atoms with Gasteiger partial charge in [-0.05, 0) is 55.4 Å². The van der Waals surface area contributed by atoms with E-state index in [1.807, 2.05) is 12.1 Å². The van der Waals surface area contributed by atoms with Crippen molar-refractivity contribution in [2.75, 3.05) is 32.8 Å². The zero-order valence-electron chi connectivity index (χ0n) is 15.6. The Labute approximate surface area is 157 Å². The van der Waals surface area contributed by atoms with Crippen LogP contribution in [0.2, 0.25) is 0 Å². The molecule has 2 aliphatic carbocycles. The Morgan fingerprint density at radius 2 is 1.73 bits per heavy atom. The minimum absolute atomic E-state index is 0.0336. The van der Waals surface area contributed by atoms with Crippen molar-refractivity contribution in [1.82, 2.24) is 4.72 Å². The lowest BCUT2D eigenvalue weighted by Gasteiger charge is -2.44. The molecule has 0 spiro atoms. The molecule has 2 fully saturated rings. The number of sulfonamides is 1. The van der Waals surface area contributed by atoms with E-state index in [1.165, 1.54) is 35.3 Å². The summed E-state index contributed by atoms with van der Waals surface area (Å²) in [5.41, 5.74) is 2.55. The number of fused-ring (bicyclic) bond motifs is 1. The molecule has 5 nitrogen and oxygen atoms in total. The van der Waals surface area contributed by atoms with Crippen LogP contribution in [0.15, 0.2) is 23.1 Å². The van der Waals surface area contributed by atoms with Crippen molar-refractivity contribution < 1.29 is 18.1 Å². The minimum Gasteiger partial charge on any atom is -0.370 e. The lowest BCUT2D eigenvalue weighted by molar-refractivity contribution is -0.960. The van der Waals surface area contributed by atoms with Crippen molar-refractivity contribution in [3.05, 3.63) is 29.3 Å². The first kappa shape index (κ1) is 18.4. The highest BCUT2D eigenvalue weighted by molar-refractivity contribution is 7.89. The first-order valence-corrected chi connectivity index (χ1v) is 11.6. The molecular weight excluding hydrogens is 348 g/mol. The Morgan fingerprint density at radius 3 is 2.50 bits per heavy atom. The van der Waals surface area contributed by atoms with Crippen LogP contribution in [-0.2, 0) is 27.6 Å². The molecule has 1 aromatic carbocycles. The molecule has 6 heteroatoms. The van der Waals surface area contributed by atoms with Crippen molar-refractivity contribution >= 4 is 10.0 Å². The third kappa shape index (κ3) is 3.70. The normalized spacial score (nSPS) is 23.7. The lowest BCUT2D eigenvalue weighted by atomic mass is 9.80. The molecule has 1 saturated carbocycles. The number of quaternary nitrogens is 1. The van der Waals surface area contributed by atoms with Gasteiger partial charge in [0.25, 0.3) is 0 Å². The summed E-state index contributed by atoms with van der Waals surface area (Å²) in [7, 11) is -3.45. The van der Waals surface area contributed by atoms with Crippen molar-refractivity contribution in [2.45, 2.75) is 61.8 Å². The second kappa shape index (κ2) is 7.58. The van der Waals surface area contributed by atoms with Gasteiger partial charge in [-0.2, -0.15) is 0 Å². The minimum atomic E-state index is -3.45. The molecule has 1 heterocycles. The molecule has 0 amide bonds. The van der Waals surface area contributed by atoms with E-state index >= 15 is 0 Å². The third-order valence-corrected chi connectivity index (χ3v) is 8.04. The molecule has 0 atom stereocenters. The highest BCUT2D eigenvalue weighted by Gasteiger charge is 2.43. The van der Waals surface area contributed by atoms with Crippen LogP contribution in [0.25, 0.3) is 0 Å². The predicted molar refractivity (Wildman–Crippen MR) is 101 cm³/mol. The van der Waals surface area contributed by atoms with Crippen LogP contribution in [0.4, 0.5) is 0 Å². The van der Waals surface area contributed by atoms with Gasteiger partial charge in [0.2, 0.25) is 10.0 Å². The topological polar surface area (TPSA) is 59.8 Å². The fourth-order valence-electron chi connectivity index (χ4n) is 5.06. The van der Waals surface area contributed by atoms with E-state index < -0.39 is 10.0 Å². The van der Waals surface area contributed by atoms with Gasteiger partial charge in [-0.25, -0.2) is 13.1 Å². The van der Waals surface area contributed by atoms with Gasteiger partial charge in [-0.3, -0.25) is 0 Å². The largest absolute Gasteiger partial charge is 0.370 e.